The van der Waals surface area contributed by atoms with Crippen LogP contribution in [0.3, 0.4) is 0 Å². The summed E-state index contributed by atoms with van der Waals surface area (Å²) in [6.07, 6.45) is 0. The number of rotatable bonds is 6. The van der Waals surface area contributed by atoms with Crippen LogP contribution in [-0.2, 0) is 4.79 Å². The number of aliphatic carboxylic acids is 1. The first-order valence-corrected chi connectivity index (χ1v) is 6.48. The van der Waals surface area contributed by atoms with Gasteiger partial charge in [-0.2, -0.15) is 11.8 Å². The number of carboxylic acid groups (broad SMARTS) is 1. The summed E-state index contributed by atoms with van der Waals surface area (Å²) in [7, 11) is 0. The fourth-order valence-electron chi connectivity index (χ4n) is 1.53. The third kappa shape index (κ3) is 3.78. The van der Waals surface area contributed by atoms with Crippen LogP contribution in [0.1, 0.15) is 13.8 Å². The minimum absolute atomic E-state index is 0.0501. The Balaban J connectivity index is 2.34. The van der Waals surface area contributed by atoms with Gasteiger partial charge in [-0.15, -0.1) is 0 Å². The molecule has 17 heavy (non-hydrogen) atoms. The van der Waals surface area contributed by atoms with E-state index in [1.165, 1.54) is 11.8 Å². The van der Waals surface area contributed by atoms with Gasteiger partial charge < -0.3 is 21.1 Å². The molecule has 0 aromatic carbocycles. The van der Waals surface area contributed by atoms with Gasteiger partial charge in [0.15, 0.2) is 0 Å². The Hall–Kier alpha value is -0.950. The van der Waals surface area contributed by atoms with E-state index in [1.54, 1.807) is 18.7 Å². The van der Waals surface area contributed by atoms with Crippen molar-refractivity contribution in [2.75, 3.05) is 25.4 Å². The molecule has 4 N–H and O–H groups in total. The van der Waals surface area contributed by atoms with Gasteiger partial charge in [0.1, 0.15) is 6.04 Å². The number of carbonyl (C=O) groups excluding carboxylic acids is 1. The molecule has 0 spiro atoms. The molecule has 1 atom stereocenters. The van der Waals surface area contributed by atoms with E-state index in [4.69, 9.17) is 10.8 Å². The third-order valence-corrected chi connectivity index (χ3v) is 4.18. The lowest BCUT2D eigenvalue weighted by atomic mass is 10.1. The van der Waals surface area contributed by atoms with Crippen molar-refractivity contribution in [2.45, 2.75) is 24.6 Å². The van der Waals surface area contributed by atoms with Crippen LogP contribution in [0.5, 0.6) is 0 Å². The first-order valence-electron chi connectivity index (χ1n) is 5.49. The van der Waals surface area contributed by atoms with Crippen molar-refractivity contribution in [2.24, 2.45) is 5.73 Å². The predicted molar refractivity (Wildman–Crippen MR) is 67.1 cm³/mol. The molecule has 1 heterocycles. The zero-order valence-electron chi connectivity index (χ0n) is 10.1. The average molecular weight is 261 g/mol. The number of nitrogens with one attached hydrogen (secondary N) is 1. The summed E-state index contributed by atoms with van der Waals surface area (Å²) < 4.78 is -0.540. The number of nitrogens with two attached hydrogens (primary N) is 1. The predicted octanol–water partition coefficient (Wildman–Crippen LogP) is -0.0647. The molecule has 1 aliphatic heterocycles. The van der Waals surface area contributed by atoms with E-state index in [0.29, 0.717) is 25.4 Å². The lowest BCUT2D eigenvalue weighted by Crippen LogP contribution is -2.47. The van der Waals surface area contributed by atoms with Gasteiger partial charge in [0.05, 0.1) is 0 Å². The van der Waals surface area contributed by atoms with E-state index < -0.39 is 16.8 Å². The van der Waals surface area contributed by atoms with Crippen molar-refractivity contribution < 1.29 is 14.7 Å². The fourth-order valence-corrected chi connectivity index (χ4v) is 2.65. The Morgan fingerprint density at radius 2 is 2.35 bits per heavy atom. The molecule has 98 valence electrons. The second-order valence-corrected chi connectivity index (χ2v) is 6.24. The maximum absolute atomic E-state index is 11.3. The van der Waals surface area contributed by atoms with Crippen LogP contribution in [0.2, 0.25) is 0 Å². The van der Waals surface area contributed by atoms with Crippen LogP contribution in [0, 0.1) is 0 Å². The molecule has 0 bridgehead atoms. The van der Waals surface area contributed by atoms with Crippen molar-refractivity contribution in [3.63, 3.8) is 0 Å². The molecule has 0 aromatic heterocycles. The molecular weight excluding hydrogens is 242 g/mol. The number of urea groups is 1. The van der Waals surface area contributed by atoms with Crippen LogP contribution < -0.4 is 11.1 Å². The number of amides is 2. The zero-order valence-corrected chi connectivity index (χ0v) is 10.9. The van der Waals surface area contributed by atoms with Gasteiger partial charge in [-0.25, -0.2) is 4.79 Å². The monoisotopic (exact) mass is 261 g/mol. The van der Waals surface area contributed by atoms with E-state index in [-0.39, 0.29) is 6.03 Å². The molecule has 1 aliphatic rings. The van der Waals surface area contributed by atoms with E-state index in [2.05, 4.69) is 5.32 Å². The van der Waals surface area contributed by atoms with Crippen LogP contribution in [-0.4, -0.2) is 58.2 Å². The van der Waals surface area contributed by atoms with Gasteiger partial charge in [0, 0.05) is 30.1 Å². The van der Waals surface area contributed by atoms with Gasteiger partial charge >= 0.3 is 12.0 Å². The summed E-state index contributed by atoms with van der Waals surface area (Å²) in [6.45, 7) is 5.62. The number of nitrogens with zero attached hydrogens (tertiary/aromatic N) is 1. The van der Waals surface area contributed by atoms with E-state index >= 15 is 0 Å². The molecular formula is C10H19N3O3S. The lowest BCUT2D eigenvalue weighted by Gasteiger charge is -2.28. The summed E-state index contributed by atoms with van der Waals surface area (Å²) in [6, 6.07) is -0.953. The summed E-state index contributed by atoms with van der Waals surface area (Å²) in [4.78, 5) is 23.8. The second-order valence-electron chi connectivity index (χ2n) is 4.49. The molecule has 6 nitrogen and oxygen atoms in total. The Labute approximate surface area is 105 Å². The van der Waals surface area contributed by atoms with Gasteiger partial charge in [-0.3, -0.25) is 4.79 Å². The largest absolute Gasteiger partial charge is 0.480 e. The molecule has 0 aromatic rings. The molecule has 1 fully saturated rings. The van der Waals surface area contributed by atoms with E-state index in [9.17, 15) is 9.59 Å². The first kappa shape index (κ1) is 14.1. The van der Waals surface area contributed by atoms with Crippen LogP contribution in [0.15, 0.2) is 0 Å². The molecule has 0 unspecified atom stereocenters. The molecule has 0 aliphatic carbocycles. The number of thioether (sulfide) groups is 1. The molecule has 0 saturated carbocycles. The number of carboxylic acids is 1. The summed E-state index contributed by atoms with van der Waals surface area (Å²) >= 11 is 1.48. The summed E-state index contributed by atoms with van der Waals surface area (Å²) in [5.41, 5.74) is 5.60. The van der Waals surface area contributed by atoms with E-state index in [1.807, 2.05) is 0 Å². The van der Waals surface area contributed by atoms with Gasteiger partial charge in [-0.05, 0) is 13.8 Å². The highest BCUT2D eigenvalue weighted by Crippen LogP contribution is 2.27. The zero-order chi connectivity index (χ0) is 13.1. The Kier molecular flexibility index (Phi) is 4.64. The average Bonchev–Trinajstić information content (AvgIpc) is 2.63. The minimum Gasteiger partial charge on any atom is -0.480 e. The van der Waals surface area contributed by atoms with Crippen LogP contribution in [0.4, 0.5) is 4.79 Å². The smallest absolute Gasteiger partial charge is 0.321 e. The normalized spacial score (nSPS) is 18.1. The lowest BCUT2D eigenvalue weighted by molar-refractivity contribution is -0.139. The highest BCUT2D eigenvalue weighted by molar-refractivity contribution is 8.00. The number of hydrogen-bond acceptors (Lipinski definition) is 4. The highest BCUT2D eigenvalue weighted by Gasteiger charge is 2.32. The SMILES string of the molecule is CC(C)(SCCN1CCNC1=O)[C@@H](N)C(=O)O. The van der Waals surface area contributed by atoms with Crippen molar-refractivity contribution in [3.8, 4) is 0 Å². The van der Waals surface area contributed by atoms with Crippen LogP contribution in [0.25, 0.3) is 0 Å². The van der Waals surface area contributed by atoms with Gasteiger partial charge in [-0.1, -0.05) is 0 Å². The molecule has 7 heteroatoms. The maximum atomic E-state index is 11.3. The van der Waals surface area contributed by atoms with Gasteiger partial charge in [0.2, 0.25) is 0 Å². The topological polar surface area (TPSA) is 95.7 Å². The summed E-state index contributed by atoms with van der Waals surface area (Å²) in [5.74, 6) is -0.317. The molecule has 0 radical (unpaired) electrons. The van der Waals surface area contributed by atoms with Crippen molar-refractivity contribution in [1.29, 1.82) is 0 Å². The second kappa shape index (κ2) is 5.59. The quantitative estimate of drug-likeness (QED) is 0.622. The fraction of sp³-hybridized carbons (Fsp3) is 0.800. The molecule has 2 amide bonds. The van der Waals surface area contributed by atoms with Gasteiger partial charge in [0.25, 0.3) is 0 Å². The van der Waals surface area contributed by atoms with Crippen molar-refractivity contribution in [1.82, 2.24) is 10.2 Å². The highest BCUT2D eigenvalue weighted by atomic mass is 32.2. The molecule has 1 rings (SSSR count). The van der Waals surface area contributed by atoms with Crippen molar-refractivity contribution >= 4 is 23.8 Å². The Bertz CT molecular complexity index is 309. The minimum atomic E-state index is -0.999. The number of hydrogen-bond donors (Lipinski definition) is 3. The maximum Gasteiger partial charge on any atom is 0.321 e. The third-order valence-electron chi connectivity index (χ3n) is 2.80. The van der Waals surface area contributed by atoms with Crippen molar-refractivity contribution in [3.05, 3.63) is 0 Å². The van der Waals surface area contributed by atoms with E-state index in [0.717, 1.165) is 0 Å². The Morgan fingerprint density at radius 1 is 1.71 bits per heavy atom. The standard InChI is InChI=1S/C10H19N3O3S/c1-10(2,7(11)8(14)15)17-6-5-13-4-3-12-9(13)16/h7H,3-6,11H2,1-2H3,(H,12,16)(H,14,15)/t7-/m0/s1. The summed E-state index contributed by atoms with van der Waals surface area (Å²) in [5, 5.41) is 11.6. The Morgan fingerprint density at radius 3 is 2.82 bits per heavy atom. The molecule has 1 saturated heterocycles. The van der Waals surface area contributed by atoms with Crippen LogP contribution >= 0.6 is 11.8 Å². The first-order chi connectivity index (χ1) is 7.84. The number of carbonyl (C=O) groups is 2.